The predicted molar refractivity (Wildman–Crippen MR) is 85.1 cm³/mol. The van der Waals surface area contributed by atoms with Crippen molar-refractivity contribution in [2.75, 3.05) is 25.5 Å². The summed E-state index contributed by atoms with van der Waals surface area (Å²) in [5.41, 5.74) is -0.0956. The molecule has 0 aliphatic carbocycles. The van der Waals surface area contributed by atoms with Crippen LogP contribution in [0.5, 0.6) is 0 Å². The van der Waals surface area contributed by atoms with E-state index in [1.807, 2.05) is 13.8 Å². The summed E-state index contributed by atoms with van der Waals surface area (Å²) >= 11 is 0. The van der Waals surface area contributed by atoms with Gasteiger partial charge in [0.15, 0.2) is 0 Å². The van der Waals surface area contributed by atoms with Gasteiger partial charge in [0.25, 0.3) is 5.69 Å². The average Bonchev–Trinajstić information content (AvgIpc) is 2.54. The number of hydrogen-bond donors (Lipinski definition) is 1. The summed E-state index contributed by atoms with van der Waals surface area (Å²) in [7, 11) is 1.25. The van der Waals surface area contributed by atoms with Crippen molar-refractivity contribution in [3.8, 4) is 0 Å². The molecule has 0 saturated carbocycles. The van der Waals surface area contributed by atoms with E-state index in [9.17, 15) is 19.7 Å². The van der Waals surface area contributed by atoms with Crippen molar-refractivity contribution in [3.05, 3.63) is 34.4 Å². The standard InChI is InChI=1S/C15H21N3O5/c1-4-17(5-2)13(10-14(19)23-3)15(20)16-11-8-6-7-9-12(11)18(21)22/h6-9,13H,4-5,10H2,1-3H3,(H,16,20)/t13-/m1/s1. The van der Waals surface area contributed by atoms with E-state index in [0.29, 0.717) is 13.1 Å². The number of anilines is 1. The molecule has 1 atom stereocenters. The Kier molecular flexibility index (Phi) is 7.14. The predicted octanol–water partition coefficient (Wildman–Crippen LogP) is 1.81. The topological polar surface area (TPSA) is 102 Å². The maximum atomic E-state index is 12.5. The Morgan fingerprint density at radius 2 is 1.91 bits per heavy atom. The zero-order chi connectivity index (χ0) is 17.4. The van der Waals surface area contributed by atoms with Crippen LogP contribution in [0.4, 0.5) is 11.4 Å². The third-order valence-corrected chi connectivity index (χ3v) is 3.50. The molecule has 0 unspecified atom stereocenters. The van der Waals surface area contributed by atoms with Gasteiger partial charge in [0.2, 0.25) is 5.91 Å². The van der Waals surface area contributed by atoms with Crippen LogP contribution in [0.15, 0.2) is 24.3 Å². The number of nitro benzene ring substituents is 1. The number of amides is 1. The van der Waals surface area contributed by atoms with E-state index in [-0.39, 0.29) is 17.8 Å². The lowest BCUT2D eigenvalue weighted by Crippen LogP contribution is -2.45. The van der Waals surface area contributed by atoms with E-state index >= 15 is 0 Å². The van der Waals surface area contributed by atoms with Gasteiger partial charge in [-0.1, -0.05) is 26.0 Å². The summed E-state index contributed by atoms with van der Waals surface area (Å²) in [5, 5.41) is 13.6. The fourth-order valence-electron chi connectivity index (χ4n) is 2.25. The van der Waals surface area contributed by atoms with Gasteiger partial charge < -0.3 is 10.1 Å². The number of methoxy groups -OCH3 is 1. The van der Waals surface area contributed by atoms with Gasteiger partial charge in [-0.05, 0) is 19.2 Å². The van der Waals surface area contributed by atoms with Crippen LogP contribution in [-0.4, -0.2) is 47.9 Å². The minimum Gasteiger partial charge on any atom is -0.469 e. The molecule has 0 fully saturated rings. The highest BCUT2D eigenvalue weighted by Crippen LogP contribution is 2.24. The monoisotopic (exact) mass is 323 g/mol. The van der Waals surface area contributed by atoms with E-state index in [0.717, 1.165) is 0 Å². The number of carbonyl (C=O) groups is 2. The summed E-state index contributed by atoms with van der Waals surface area (Å²) in [6.45, 7) is 4.85. The molecule has 23 heavy (non-hydrogen) atoms. The fourth-order valence-corrected chi connectivity index (χ4v) is 2.25. The van der Waals surface area contributed by atoms with Gasteiger partial charge in [0.1, 0.15) is 11.7 Å². The number of ether oxygens (including phenoxy) is 1. The summed E-state index contributed by atoms with van der Waals surface area (Å²) in [5.74, 6) is -0.993. The van der Waals surface area contributed by atoms with Gasteiger partial charge in [-0.2, -0.15) is 0 Å². The Bertz CT molecular complexity index is 572. The van der Waals surface area contributed by atoms with E-state index in [1.165, 1.54) is 25.3 Å². The number of rotatable bonds is 8. The summed E-state index contributed by atoms with van der Waals surface area (Å²) in [6.07, 6.45) is -0.120. The molecule has 126 valence electrons. The second-order valence-electron chi connectivity index (χ2n) is 4.78. The van der Waals surface area contributed by atoms with Gasteiger partial charge in [0, 0.05) is 6.07 Å². The minimum absolute atomic E-state index is 0.101. The van der Waals surface area contributed by atoms with E-state index in [2.05, 4.69) is 10.1 Å². The first-order chi connectivity index (χ1) is 10.9. The van der Waals surface area contributed by atoms with Gasteiger partial charge in [-0.15, -0.1) is 0 Å². The summed E-state index contributed by atoms with van der Waals surface area (Å²) < 4.78 is 4.63. The quantitative estimate of drug-likeness (QED) is 0.445. The second-order valence-corrected chi connectivity index (χ2v) is 4.78. The molecule has 1 amide bonds. The molecular formula is C15H21N3O5. The van der Waals surface area contributed by atoms with Crippen molar-refractivity contribution in [3.63, 3.8) is 0 Å². The van der Waals surface area contributed by atoms with Crippen LogP contribution in [0.2, 0.25) is 0 Å². The lowest BCUT2D eigenvalue weighted by molar-refractivity contribution is -0.383. The first-order valence-electron chi connectivity index (χ1n) is 7.29. The molecule has 0 aliphatic heterocycles. The zero-order valence-electron chi connectivity index (χ0n) is 13.4. The van der Waals surface area contributed by atoms with Crippen molar-refractivity contribution in [1.29, 1.82) is 0 Å². The third-order valence-electron chi connectivity index (χ3n) is 3.50. The van der Waals surface area contributed by atoms with Crippen LogP contribution in [0.1, 0.15) is 20.3 Å². The maximum Gasteiger partial charge on any atom is 0.307 e. The van der Waals surface area contributed by atoms with Crippen molar-refractivity contribution >= 4 is 23.3 Å². The molecule has 0 spiro atoms. The molecule has 1 N–H and O–H groups in total. The SMILES string of the molecule is CCN(CC)[C@H](CC(=O)OC)C(=O)Nc1ccccc1[N+](=O)[O-]. The first kappa shape index (κ1) is 18.6. The van der Waals surface area contributed by atoms with Crippen molar-refractivity contribution in [2.45, 2.75) is 26.3 Å². The molecule has 0 aromatic heterocycles. The molecule has 0 heterocycles. The molecule has 0 aliphatic rings. The first-order valence-corrected chi connectivity index (χ1v) is 7.29. The molecule has 8 heteroatoms. The zero-order valence-corrected chi connectivity index (χ0v) is 13.4. The van der Waals surface area contributed by atoms with Crippen LogP contribution in [-0.2, 0) is 14.3 Å². The molecule has 0 bridgehead atoms. The maximum absolute atomic E-state index is 12.5. The Balaban J connectivity index is 3.01. The number of nitrogens with one attached hydrogen (secondary N) is 1. The number of nitro groups is 1. The van der Waals surface area contributed by atoms with Gasteiger partial charge in [-0.3, -0.25) is 24.6 Å². The van der Waals surface area contributed by atoms with Crippen molar-refractivity contribution in [1.82, 2.24) is 4.90 Å². The molecular weight excluding hydrogens is 302 g/mol. The Morgan fingerprint density at radius 1 is 1.30 bits per heavy atom. The van der Waals surface area contributed by atoms with Crippen LogP contribution in [0.25, 0.3) is 0 Å². The number of benzene rings is 1. The van der Waals surface area contributed by atoms with Crippen LogP contribution in [0.3, 0.4) is 0 Å². The number of esters is 1. The molecule has 0 radical (unpaired) electrons. The van der Waals surface area contributed by atoms with Gasteiger partial charge in [-0.25, -0.2) is 0 Å². The number of para-hydroxylation sites is 2. The summed E-state index contributed by atoms with van der Waals surface area (Å²) in [4.78, 5) is 36.3. The number of hydrogen-bond acceptors (Lipinski definition) is 6. The average molecular weight is 323 g/mol. The molecule has 1 rings (SSSR count). The highest BCUT2D eigenvalue weighted by molar-refractivity contribution is 5.98. The van der Waals surface area contributed by atoms with Crippen LogP contribution >= 0.6 is 0 Å². The lowest BCUT2D eigenvalue weighted by Gasteiger charge is -2.27. The van der Waals surface area contributed by atoms with Gasteiger partial charge >= 0.3 is 5.97 Å². The molecule has 8 nitrogen and oxygen atoms in total. The van der Waals surface area contributed by atoms with E-state index < -0.39 is 22.8 Å². The highest BCUT2D eigenvalue weighted by atomic mass is 16.6. The molecule has 1 aromatic rings. The Labute approximate surface area is 134 Å². The van der Waals surface area contributed by atoms with E-state index in [1.54, 1.807) is 11.0 Å². The smallest absolute Gasteiger partial charge is 0.307 e. The Hall–Kier alpha value is -2.48. The molecule has 1 aromatic carbocycles. The van der Waals surface area contributed by atoms with Crippen LogP contribution in [0, 0.1) is 10.1 Å². The summed E-state index contributed by atoms with van der Waals surface area (Å²) in [6, 6.07) is 5.12. The lowest BCUT2D eigenvalue weighted by atomic mass is 10.1. The minimum atomic E-state index is -0.753. The van der Waals surface area contributed by atoms with Gasteiger partial charge in [0.05, 0.1) is 18.5 Å². The highest BCUT2D eigenvalue weighted by Gasteiger charge is 2.28. The Morgan fingerprint density at radius 3 is 2.43 bits per heavy atom. The van der Waals surface area contributed by atoms with Crippen molar-refractivity contribution in [2.24, 2.45) is 0 Å². The van der Waals surface area contributed by atoms with E-state index in [4.69, 9.17) is 0 Å². The third kappa shape index (κ3) is 5.03. The van der Waals surface area contributed by atoms with Crippen LogP contribution < -0.4 is 5.32 Å². The fraction of sp³-hybridized carbons (Fsp3) is 0.467. The number of likely N-dealkylation sites (N-methyl/N-ethyl adjacent to an activating group) is 1. The largest absolute Gasteiger partial charge is 0.469 e. The number of nitrogens with zero attached hydrogens (tertiary/aromatic N) is 2. The normalized spacial score (nSPS) is 11.8. The second kappa shape index (κ2) is 8.84. The van der Waals surface area contributed by atoms with Crippen molar-refractivity contribution < 1.29 is 19.2 Å². The number of carbonyl (C=O) groups excluding carboxylic acids is 2. The molecule has 0 saturated heterocycles.